The van der Waals surface area contributed by atoms with Gasteiger partial charge in [0.25, 0.3) is 11.8 Å². The number of hydrogen-bond donors (Lipinski definition) is 6. The second-order valence-electron chi connectivity index (χ2n) is 13.2. The molecule has 3 aromatic carbocycles. The Balaban J connectivity index is 1.71. The molecule has 50 heavy (non-hydrogen) atoms. The van der Waals surface area contributed by atoms with Crippen LogP contribution in [0.5, 0.6) is 0 Å². The normalized spacial score (nSPS) is 15.6. The van der Waals surface area contributed by atoms with Crippen LogP contribution in [-0.4, -0.2) is 74.2 Å². The minimum Gasteiger partial charge on any atom is -0.370 e. The number of rotatable bonds is 15. The highest BCUT2D eigenvalue weighted by Crippen LogP contribution is 2.31. The van der Waals surface area contributed by atoms with Crippen molar-refractivity contribution >= 4 is 50.2 Å². The summed E-state index contributed by atoms with van der Waals surface area (Å²) >= 11 is 0. The summed E-state index contributed by atoms with van der Waals surface area (Å²) in [6.45, 7) is 4.98. The first kappa shape index (κ1) is 38.4. The number of hydrogen-bond acceptors (Lipinski definition) is 8. The number of nitrogens with one attached hydrogen (secondary N) is 3. The maximum Gasteiger partial charge on any atom is 0.256 e. The monoisotopic (exact) mass is 706 g/mol. The van der Waals surface area contributed by atoms with Crippen LogP contribution in [0.2, 0.25) is 0 Å². The number of carbonyl (C=O) groups is 3. The van der Waals surface area contributed by atoms with Crippen molar-refractivity contribution in [3.05, 3.63) is 72.3 Å². The van der Waals surface area contributed by atoms with E-state index in [0.717, 1.165) is 29.7 Å². The molecule has 0 unspecified atom stereocenters. The van der Waals surface area contributed by atoms with Gasteiger partial charge in [-0.2, -0.15) is 4.31 Å². The number of guanidine groups is 1. The predicted octanol–water partition coefficient (Wildman–Crippen LogP) is 2.57. The van der Waals surface area contributed by atoms with E-state index in [9.17, 15) is 22.8 Å². The van der Waals surface area contributed by atoms with Crippen LogP contribution in [0, 0.1) is 11.3 Å². The van der Waals surface area contributed by atoms with Gasteiger partial charge in [0.1, 0.15) is 6.04 Å². The Morgan fingerprint density at radius 3 is 2.28 bits per heavy atom. The van der Waals surface area contributed by atoms with Gasteiger partial charge in [0.05, 0.1) is 22.7 Å². The minimum atomic E-state index is -3.78. The highest BCUT2D eigenvalue weighted by molar-refractivity contribution is 7.89. The molecule has 1 aliphatic rings. The van der Waals surface area contributed by atoms with Gasteiger partial charge in [-0.05, 0) is 73.6 Å². The number of fused-ring (bicyclic) bond motifs is 1. The lowest BCUT2D eigenvalue weighted by Gasteiger charge is -2.30. The molecular weight excluding hydrogens is 657 g/mol. The van der Waals surface area contributed by atoms with Crippen molar-refractivity contribution in [3.8, 4) is 0 Å². The molecule has 0 saturated carbocycles. The van der Waals surface area contributed by atoms with Gasteiger partial charge >= 0.3 is 0 Å². The fourth-order valence-electron chi connectivity index (χ4n) is 6.17. The molecule has 3 atom stereocenters. The summed E-state index contributed by atoms with van der Waals surface area (Å²) in [7, 11) is -3.78. The lowest BCUT2D eigenvalue weighted by molar-refractivity contribution is -0.132. The van der Waals surface area contributed by atoms with E-state index in [1.54, 1.807) is 30.3 Å². The van der Waals surface area contributed by atoms with Crippen molar-refractivity contribution in [1.29, 1.82) is 5.41 Å². The van der Waals surface area contributed by atoms with Crippen LogP contribution >= 0.6 is 0 Å². The van der Waals surface area contributed by atoms with Gasteiger partial charge in [-0.25, -0.2) is 13.3 Å². The molecular formula is C36H50N8O5S. The average Bonchev–Trinajstić information content (AvgIpc) is 3.09. The van der Waals surface area contributed by atoms with Crippen molar-refractivity contribution in [3.63, 3.8) is 0 Å². The molecule has 3 amide bonds. The molecule has 1 saturated heterocycles. The van der Waals surface area contributed by atoms with Crippen molar-refractivity contribution in [2.45, 2.75) is 81.8 Å². The maximum absolute atomic E-state index is 14.5. The Labute approximate surface area is 294 Å². The second kappa shape index (κ2) is 17.5. The molecule has 0 spiro atoms. The highest BCUT2D eigenvalue weighted by atomic mass is 32.2. The van der Waals surface area contributed by atoms with Gasteiger partial charge < -0.3 is 27.8 Å². The van der Waals surface area contributed by atoms with Gasteiger partial charge in [-0.1, -0.05) is 68.8 Å². The number of amides is 3. The van der Waals surface area contributed by atoms with E-state index in [0.29, 0.717) is 36.7 Å². The Kier molecular flexibility index (Phi) is 13.5. The molecule has 0 radical (unpaired) electrons. The summed E-state index contributed by atoms with van der Waals surface area (Å²) < 4.78 is 28.8. The summed E-state index contributed by atoms with van der Waals surface area (Å²) in [5.74, 6) is -2.13. The first-order valence-electron chi connectivity index (χ1n) is 17.1. The number of piperidine rings is 1. The third-order valence-corrected chi connectivity index (χ3v) is 10.7. The molecule has 3 aromatic rings. The van der Waals surface area contributed by atoms with E-state index < -0.39 is 45.9 Å². The lowest BCUT2D eigenvalue weighted by atomic mass is 10.0. The first-order chi connectivity index (χ1) is 23.8. The summed E-state index contributed by atoms with van der Waals surface area (Å²) in [5, 5.41) is 13.9. The van der Waals surface area contributed by atoms with E-state index in [1.165, 1.54) is 10.4 Å². The standard InChI is InChI=1S/C36H50N8O5S/c1-24(2)21-30(38)34(46)44(27-16-17-28-26(23-27)13-9-15-32(28)50(48,49)43-19-7-4-8-20-43)35(47)31(14-10-18-41-36(39)40)42-33(45)29(37)22-25-11-5-3-6-12-25/h3,5-6,9,11-13,15-17,23-24,29-31H,4,7-8,10,14,18-22,37-38H2,1-2H3,(H,42,45)(H4,39,40,41)/t29-,30+,31-/m0/s1. The van der Waals surface area contributed by atoms with E-state index in [1.807, 2.05) is 44.2 Å². The van der Waals surface area contributed by atoms with Crippen LogP contribution in [0.3, 0.4) is 0 Å². The van der Waals surface area contributed by atoms with Crippen LogP contribution in [0.4, 0.5) is 5.69 Å². The molecule has 0 bridgehead atoms. The Morgan fingerprint density at radius 1 is 0.920 bits per heavy atom. The van der Waals surface area contributed by atoms with Crippen LogP contribution in [0.25, 0.3) is 10.8 Å². The average molecular weight is 707 g/mol. The maximum atomic E-state index is 14.5. The second-order valence-corrected chi connectivity index (χ2v) is 15.1. The highest BCUT2D eigenvalue weighted by Gasteiger charge is 2.35. The van der Waals surface area contributed by atoms with Gasteiger partial charge in [-0.3, -0.25) is 19.8 Å². The number of carbonyl (C=O) groups excluding carboxylic acids is 3. The molecule has 13 nitrogen and oxygen atoms in total. The fourth-order valence-corrected chi connectivity index (χ4v) is 7.90. The van der Waals surface area contributed by atoms with Crippen LogP contribution in [-0.2, 0) is 30.8 Å². The quantitative estimate of drug-likeness (QED) is 0.0776. The Morgan fingerprint density at radius 2 is 1.62 bits per heavy atom. The molecule has 0 aliphatic carbocycles. The lowest BCUT2D eigenvalue weighted by Crippen LogP contribution is -2.57. The number of imide groups is 1. The summed E-state index contributed by atoms with van der Waals surface area (Å²) in [4.78, 5) is 43.1. The SMILES string of the molecule is CC(C)C[C@@H](N)C(=O)N(C(=O)[C@H](CCCNC(=N)N)NC(=O)[C@@H](N)Cc1ccccc1)c1ccc2c(S(=O)(=O)N3CCCCC3)cccc2c1. The predicted molar refractivity (Wildman–Crippen MR) is 196 cm³/mol. The van der Waals surface area contributed by atoms with Crippen LogP contribution in [0.15, 0.2) is 71.6 Å². The third kappa shape index (κ3) is 9.87. The molecule has 14 heteroatoms. The van der Waals surface area contributed by atoms with E-state index in [-0.39, 0.29) is 41.8 Å². The Bertz CT molecular complexity index is 1760. The van der Waals surface area contributed by atoms with E-state index >= 15 is 0 Å². The topological polar surface area (TPSA) is 218 Å². The molecule has 9 N–H and O–H groups in total. The van der Waals surface area contributed by atoms with Gasteiger partial charge in [0.15, 0.2) is 5.96 Å². The molecule has 4 rings (SSSR count). The smallest absolute Gasteiger partial charge is 0.256 e. The zero-order valence-electron chi connectivity index (χ0n) is 28.8. The van der Waals surface area contributed by atoms with Crippen molar-refractivity contribution in [1.82, 2.24) is 14.9 Å². The molecule has 1 aliphatic heterocycles. The molecule has 1 fully saturated rings. The largest absolute Gasteiger partial charge is 0.370 e. The zero-order chi connectivity index (χ0) is 36.4. The summed E-state index contributed by atoms with van der Waals surface area (Å²) in [6, 6.07) is 15.7. The van der Waals surface area contributed by atoms with Gasteiger partial charge in [0.2, 0.25) is 15.9 Å². The zero-order valence-corrected chi connectivity index (χ0v) is 29.6. The number of anilines is 1. The summed E-state index contributed by atoms with van der Waals surface area (Å²) in [6.07, 6.45) is 3.52. The van der Waals surface area contributed by atoms with Crippen LogP contribution in [0.1, 0.15) is 57.9 Å². The molecule has 1 heterocycles. The number of nitrogens with zero attached hydrogens (tertiary/aromatic N) is 2. The Hall–Kier alpha value is -4.37. The number of sulfonamides is 1. The first-order valence-corrected chi connectivity index (χ1v) is 18.6. The van der Waals surface area contributed by atoms with Crippen molar-refractivity contribution in [2.75, 3.05) is 24.5 Å². The van der Waals surface area contributed by atoms with E-state index in [4.69, 9.17) is 22.6 Å². The van der Waals surface area contributed by atoms with Crippen molar-refractivity contribution in [2.24, 2.45) is 23.1 Å². The van der Waals surface area contributed by atoms with E-state index in [2.05, 4.69) is 10.6 Å². The number of nitrogens with two attached hydrogens (primary N) is 3. The minimum absolute atomic E-state index is 0.0502. The fraction of sp³-hybridized carbons (Fsp3) is 0.444. The van der Waals surface area contributed by atoms with Crippen LogP contribution < -0.4 is 32.7 Å². The molecule has 270 valence electrons. The molecule has 0 aromatic heterocycles. The van der Waals surface area contributed by atoms with Gasteiger partial charge in [-0.15, -0.1) is 0 Å². The summed E-state index contributed by atoms with van der Waals surface area (Å²) in [5.41, 5.74) is 19.1. The number of benzene rings is 3. The third-order valence-electron chi connectivity index (χ3n) is 8.73. The van der Waals surface area contributed by atoms with Crippen molar-refractivity contribution < 1.29 is 22.8 Å². The van der Waals surface area contributed by atoms with Gasteiger partial charge in [0, 0.05) is 25.0 Å².